The van der Waals surface area contributed by atoms with E-state index in [-0.39, 0.29) is 0 Å². The highest BCUT2D eigenvalue weighted by atomic mass is 14.8. The molecule has 14 heavy (non-hydrogen) atoms. The molecule has 1 atom stereocenters. The number of likely N-dealkylation sites (N-methyl/N-ethyl adjacent to an activating group) is 1. The van der Waals surface area contributed by atoms with Gasteiger partial charge in [-0.25, -0.2) is 0 Å². The summed E-state index contributed by atoms with van der Waals surface area (Å²) < 4.78 is 0. The van der Waals surface area contributed by atoms with Gasteiger partial charge in [-0.2, -0.15) is 5.26 Å². The van der Waals surface area contributed by atoms with Crippen LogP contribution in [0.25, 0.3) is 6.08 Å². The van der Waals surface area contributed by atoms with Crippen molar-refractivity contribution in [3.8, 4) is 6.07 Å². The Morgan fingerprint density at radius 1 is 1.36 bits per heavy atom. The minimum absolute atomic E-state index is 0.366. The number of nitrogens with one attached hydrogen (secondary N) is 1. The fourth-order valence-electron chi connectivity index (χ4n) is 1.02. The van der Waals surface area contributed by atoms with E-state index in [0.717, 1.165) is 5.56 Å². The molecule has 0 aliphatic rings. The fourth-order valence-corrected chi connectivity index (χ4v) is 1.02. The quantitative estimate of drug-likeness (QED) is 0.785. The monoisotopic (exact) mass is 186 g/mol. The summed E-state index contributed by atoms with van der Waals surface area (Å²) in [6.07, 6.45) is 4.13. The molecular weight excluding hydrogens is 172 g/mol. The Morgan fingerprint density at radius 2 is 2.00 bits per heavy atom. The molecule has 1 unspecified atom stereocenters. The highest BCUT2D eigenvalue weighted by Crippen LogP contribution is 2.05. The first kappa shape index (κ1) is 10.5. The highest BCUT2D eigenvalue weighted by Gasteiger charge is 1.91. The maximum atomic E-state index is 8.61. The number of hydrogen-bond acceptors (Lipinski definition) is 2. The lowest BCUT2D eigenvalue weighted by Crippen LogP contribution is -2.17. The fraction of sp³-hybridized carbons (Fsp3) is 0.250. The largest absolute Gasteiger partial charge is 0.314 e. The highest BCUT2D eigenvalue weighted by molar-refractivity contribution is 5.51. The van der Waals surface area contributed by atoms with Crippen LogP contribution in [0.4, 0.5) is 0 Å². The molecule has 1 aromatic rings. The number of rotatable bonds is 3. The molecular formula is C12H14N2. The van der Waals surface area contributed by atoms with Gasteiger partial charge in [0.1, 0.15) is 0 Å². The van der Waals surface area contributed by atoms with Crippen LogP contribution in [0, 0.1) is 11.3 Å². The molecule has 1 N–H and O–H groups in total. The molecule has 0 amide bonds. The van der Waals surface area contributed by atoms with E-state index in [0.29, 0.717) is 11.6 Å². The van der Waals surface area contributed by atoms with Gasteiger partial charge >= 0.3 is 0 Å². The predicted octanol–water partition coefficient (Wildman–Crippen LogP) is 2.18. The Bertz CT molecular complexity index is 344. The molecule has 72 valence electrons. The molecule has 0 spiro atoms. The summed E-state index contributed by atoms with van der Waals surface area (Å²) in [7, 11) is 1.92. The molecule has 0 fully saturated rings. The van der Waals surface area contributed by atoms with Crippen LogP contribution in [0.2, 0.25) is 0 Å². The van der Waals surface area contributed by atoms with Crippen molar-refractivity contribution in [2.24, 2.45) is 0 Å². The summed E-state index contributed by atoms with van der Waals surface area (Å²) in [4.78, 5) is 0. The number of nitrogens with zero attached hydrogens (tertiary/aromatic N) is 1. The van der Waals surface area contributed by atoms with Crippen LogP contribution in [0.3, 0.4) is 0 Å². The predicted molar refractivity (Wildman–Crippen MR) is 58.7 cm³/mol. The lowest BCUT2D eigenvalue weighted by Gasteiger charge is -2.01. The molecule has 0 aliphatic heterocycles. The second-order valence-electron chi connectivity index (χ2n) is 3.17. The van der Waals surface area contributed by atoms with Crippen molar-refractivity contribution in [2.45, 2.75) is 13.0 Å². The van der Waals surface area contributed by atoms with E-state index >= 15 is 0 Å². The minimum Gasteiger partial charge on any atom is -0.314 e. The molecule has 2 nitrogen and oxygen atoms in total. The van der Waals surface area contributed by atoms with Crippen LogP contribution in [-0.2, 0) is 0 Å². The third-order valence-electron chi connectivity index (χ3n) is 2.07. The van der Waals surface area contributed by atoms with Crippen molar-refractivity contribution in [3.05, 3.63) is 41.5 Å². The van der Waals surface area contributed by atoms with Crippen LogP contribution >= 0.6 is 0 Å². The Labute approximate surface area is 84.9 Å². The first-order chi connectivity index (χ1) is 6.76. The average molecular weight is 186 g/mol. The Hall–Kier alpha value is -1.59. The first-order valence-electron chi connectivity index (χ1n) is 4.62. The van der Waals surface area contributed by atoms with Crippen LogP contribution in [0.5, 0.6) is 0 Å². The zero-order valence-electron chi connectivity index (χ0n) is 8.49. The molecule has 0 bridgehead atoms. The molecule has 0 aromatic heterocycles. The number of benzene rings is 1. The van der Waals surface area contributed by atoms with Gasteiger partial charge in [-0.05, 0) is 31.7 Å². The molecule has 0 saturated carbocycles. The number of nitriles is 1. The molecule has 0 heterocycles. The first-order valence-corrected chi connectivity index (χ1v) is 4.62. The lowest BCUT2D eigenvalue weighted by molar-refractivity contribution is 0.731. The molecule has 1 rings (SSSR count). The van der Waals surface area contributed by atoms with Crippen molar-refractivity contribution in [2.75, 3.05) is 7.05 Å². The van der Waals surface area contributed by atoms with Gasteiger partial charge < -0.3 is 5.32 Å². The SMILES string of the molecule is CNC(C)/C=C/c1ccc(C#N)cc1. The van der Waals surface area contributed by atoms with Crippen molar-refractivity contribution in [1.29, 1.82) is 5.26 Å². The van der Waals surface area contributed by atoms with E-state index in [9.17, 15) is 0 Å². The van der Waals surface area contributed by atoms with Gasteiger partial charge in [0, 0.05) is 6.04 Å². The normalized spacial score (nSPS) is 12.6. The molecule has 0 radical (unpaired) electrons. The molecule has 2 heteroatoms. The van der Waals surface area contributed by atoms with E-state index in [4.69, 9.17) is 5.26 Å². The third kappa shape index (κ3) is 3.04. The Morgan fingerprint density at radius 3 is 2.50 bits per heavy atom. The van der Waals surface area contributed by atoms with Crippen LogP contribution in [0.15, 0.2) is 30.3 Å². The minimum atomic E-state index is 0.366. The van der Waals surface area contributed by atoms with E-state index in [1.807, 2.05) is 37.4 Å². The van der Waals surface area contributed by atoms with Gasteiger partial charge in [-0.3, -0.25) is 0 Å². The van der Waals surface area contributed by atoms with Gasteiger partial charge in [0.2, 0.25) is 0 Å². The zero-order valence-corrected chi connectivity index (χ0v) is 8.49. The van der Waals surface area contributed by atoms with E-state index in [1.54, 1.807) is 0 Å². The maximum absolute atomic E-state index is 8.61. The summed E-state index contributed by atoms with van der Waals surface area (Å²) in [6.45, 7) is 2.08. The molecule has 1 aromatic carbocycles. The Kier molecular flexibility index (Phi) is 3.90. The molecule has 0 saturated heterocycles. The van der Waals surface area contributed by atoms with Gasteiger partial charge in [0.15, 0.2) is 0 Å². The van der Waals surface area contributed by atoms with Crippen LogP contribution in [-0.4, -0.2) is 13.1 Å². The summed E-state index contributed by atoms with van der Waals surface area (Å²) in [5, 5.41) is 11.7. The van der Waals surface area contributed by atoms with Crippen LogP contribution in [0.1, 0.15) is 18.1 Å². The smallest absolute Gasteiger partial charge is 0.0991 e. The van der Waals surface area contributed by atoms with Crippen molar-refractivity contribution < 1.29 is 0 Å². The van der Waals surface area contributed by atoms with Crippen molar-refractivity contribution in [1.82, 2.24) is 5.32 Å². The summed E-state index contributed by atoms with van der Waals surface area (Å²) in [5.74, 6) is 0. The lowest BCUT2D eigenvalue weighted by atomic mass is 10.1. The van der Waals surface area contributed by atoms with Gasteiger partial charge in [-0.1, -0.05) is 24.3 Å². The topological polar surface area (TPSA) is 35.8 Å². The third-order valence-corrected chi connectivity index (χ3v) is 2.07. The van der Waals surface area contributed by atoms with Gasteiger partial charge in [0.25, 0.3) is 0 Å². The zero-order chi connectivity index (χ0) is 10.4. The standard InChI is InChI=1S/C12H14N2/c1-10(14-2)3-4-11-5-7-12(9-13)8-6-11/h3-8,10,14H,1-2H3/b4-3+. The summed E-state index contributed by atoms with van der Waals surface area (Å²) in [5.41, 5.74) is 1.81. The van der Waals surface area contributed by atoms with Gasteiger partial charge in [-0.15, -0.1) is 0 Å². The Balaban J connectivity index is 2.70. The van der Waals surface area contributed by atoms with Crippen LogP contribution < -0.4 is 5.32 Å². The average Bonchev–Trinajstić information content (AvgIpc) is 2.26. The van der Waals surface area contributed by atoms with Crippen molar-refractivity contribution >= 4 is 6.08 Å². The second kappa shape index (κ2) is 5.21. The van der Waals surface area contributed by atoms with E-state index < -0.39 is 0 Å². The summed E-state index contributed by atoms with van der Waals surface area (Å²) >= 11 is 0. The summed E-state index contributed by atoms with van der Waals surface area (Å²) in [6, 6.07) is 9.99. The molecule has 0 aliphatic carbocycles. The second-order valence-corrected chi connectivity index (χ2v) is 3.17. The van der Waals surface area contributed by atoms with E-state index in [2.05, 4.69) is 24.4 Å². The number of hydrogen-bond donors (Lipinski definition) is 1. The van der Waals surface area contributed by atoms with Crippen molar-refractivity contribution in [3.63, 3.8) is 0 Å². The maximum Gasteiger partial charge on any atom is 0.0991 e. The van der Waals surface area contributed by atoms with E-state index in [1.165, 1.54) is 0 Å². The van der Waals surface area contributed by atoms with Gasteiger partial charge in [0.05, 0.1) is 11.6 Å².